The number of benzene rings is 2. The SMILES string of the molecule is COc1ccccc1C(NS(=O)(=O)c1c(C)ccc2nonc12)C(C)N. The Labute approximate surface area is 151 Å². The molecule has 0 bridgehead atoms. The molecule has 26 heavy (non-hydrogen) atoms. The molecule has 138 valence electrons. The summed E-state index contributed by atoms with van der Waals surface area (Å²) in [6.45, 7) is 3.41. The van der Waals surface area contributed by atoms with Gasteiger partial charge in [-0.05, 0) is 41.9 Å². The van der Waals surface area contributed by atoms with Crippen LogP contribution in [0.25, 0.3) is 11.0 Å². The van der Waals surface area contributed by atoms with Crippen molar-refractivity contribution in [3.05, 3.63) is 47.5 Å². The van der Waals surface area contributed by atoms with Gasteiger partial charge < -0.3 is 10.5 Å². The number of methoxy groups -OCH3 is 1. The number of sulfonamides is 1. The highest BCUT2D eigenvalue weighted by Crippen LogP contribution is 2.30. The fourth-order valence-corrected chi connectivity index (χ4v) is 4.55. The maximum atomic E-state index is 13.1. The highest BCUT2D eigenvalue weighted by Gasteiger charge is 2.30. The summed E-state index contributed by atoms with van der Waals surface area (Å²) in [5, 5.41) is 7.45. The van der Waals surface area contributed by atoms with Gasteiger partial charge in [0.1, 0.15) is 16.2 Å². The number of nitrogens with zero attached hydrogens (tertiary/aromatic N) is 2. The quantitative estimate of drug-likeness (QED) is 0.674. The van der Waals surface area contributed by atoms with E-state index >= 15 is 0 Å². The number of hydrogen-bond donors (Lipinski definition) is 2. The van der Waals surface area contributed by atoms with Crippen molar-refractivity contribution >= 4 is 21.1 Å². The summed E-state index contributed by atoms with van der Waals surface area (Å²) in [7, 11) is -2.43. The first kappa shape index (κ1) is 18.3. The van der Waals surface area contributed by atoms with E-state index in [0.29, 0.717) is 22.4 Å². The summed E-state index contributed by atoms with van der Waals surface area (Å²) in [5.74, 6) is 0.551. The molecular formula is C17H20N4O4S. The molecule has 0 spiro atoms. The van der Waals surface area contributed by atoms with Gasteiger partial charge in [0.15, 0.2) is 5.52 Å². The Morgan fingerprint density at radius 2 is 1.92 bits per heavy atom. The lowest BCUT2D eigenvalue weighted by Crippen LogP contribution is -2.39. The second kappa shape index (κ2) is 7.02. The smallest absolute Gasteiger partial charge is 0.243 e. The first-order chi connectivity index (χ1) is 12.3. The fourth-order valence-electron chi connectivity index (χ4n) is 2.87. The second-order valence-corrected chi connectivity index (χ2v) is 7.69. The van der Waals surface area contributed by atoms with Crippen molar-refractivity contribution in [2.45, 2.75) is 30.8 Å². The molecule has 3 rings (SSSR count). The number of para-hydroxylation sites is 1. The summed E-state index contributed by atoms with van der Waals surface area (Å²) in [6, 6.07) is 9.26. The molecule has 0 saturated carbocycles. The molecule has 0 aliphatic rings. The zero-order chi connectivity index (χ0) is 18.9. The van der Waals surface area contributed by atoms with Crippen LogP contribution in [0.1, 0.15) is 24.1 Å². The summed E-state index contributed by atoms with van der Waals surface area (Å²) in [6.07, 6.45) is 0. The number of nitrogens with one attached hydrogen (secondary N) is 1. The van der Waals surface area contributed by atoms with Gasteiger partial charge in [-0.2, -0.15) is 0 Å². The van der Waals surface area contributed by atoms with Gasteiger partial charge in [-0.25, -0.2) is 17.8 Å². The monoisotopic (exact) mass is 376 g/mol. The molecule has 3 N–H and O–H groups in total. The standard InChI is InChI=1S/C17H20N4O4S/c1-10-8-9-13-16(20-25-19-13)17(10)26(22,23)21-15(11(2)18)12-6-4-5-7-14(12)24-3/h4-9,11,15,21H,18H2,1-3H3. The normalized spacial score (nSPS) is 14.3. The lowest BCUT2D eigenvalue weighted by atomic mass is 10.0. The molecule has 2 atom stereocenters. The molecule has 9 heteroatoms. The van der Waals surface area contributed by atoms with Crippen LogP contribution in [0.2, 0.25) is 0 Å². The third kappa shape index (κ3) is 3.28. The zero-order valence-corrected chi connectivity index (χ0v) is 15.4. The van der Waals surface area contributed by atoms with E-state index in [2.05, 4.69) is 15.0 Å². The minimum absolute atomic E-state index is 0.0248. The van der Waals surface area contributed by atoms with Crippen molar-refractivity contribution in [1.29, 1.82) is 0 Å². The fraction of sp³-hybridized carbons (Fsp3) is 0.294. The van der Waals surface area contributed by atoms with E-state index in [0.717, 1.165) is 0 Å². The molecule has 0 radical (unpaired) electrons. The predicted octanol–water partition coefficient (Wildman–Crippen LogP) is 1.91. The maximum absolute atomic E-state index is 13.1. The van der Waals surface area contributed by atoms with Crippen LogP contribution >= 0.6 is 0 Å². The van der Waals surface area contributed by atoms with Crippen molar-refractivity contribution in [3.63, 3.8) is 0 Å². The summed E-state index contributed by atoms with van der Waals surface area (Å²) in [4.78, 5) is 0.0248. The predicted molar refractivity (Wildman–Crippen MR) is 96.2 cm³/mol. The molecule has 0 fully saturated rings. The van der Waals surface area contributed by atoms with Gasteiger partial charge >= 0.3 is 0 Å². The Balaban J connectivity index is 2.09. The van der Waals surface area contributed by atoms with Gasteiger partial charge in [0.2, 0.25) is 10.0 Å². The molecule has 2 aromatic carbocycles. The van der Waals surface area contributed by atoms with E-state index in [9.17, 15) is 8.42 Å². The first-order valence-electron chi connectivity index (χ1n) is 7.98. The molecule has 0 saturated heterocycles. The van der Waals surface area contributed by atoms with Crippen LogP contribution in [-0.2, 0) is 10.0 Å². The van der Waals surface area contributed by atoms with Crippen LogP contribution in [0.3, 0.4) is 0 Å². The van der Waals surface area contributed by atoms with Gasteiger partial charge in [-0.15, -0.1) is 0 Å². The van der Waals surface area contributed by atoms with Crippen LogP contribution in [0, 0.1) is 6.92 Å². The number of fused-ring (bicyclic) bond motifs is 1. The Bertz CT molecular complexity index is 1030. The summed E-state index contributed by atoms with van der Waals surface area (Å²) < 4.78 is 39.0. The summed E-state index contributed by atoms with van der Waals surface area (Å²) >= 11 is 0. The molecule has 0 amide bonds. The first-order valence-corrected chi connectivity index (χ1v) is 9.46. The molecule has 2 unspecified atom stereocenters. The highest BCUT2D eigenvalue weighted by atomic mass is 32.2. The van der Waals surface area contributed by atoms with Crippen LogP contribution in [0.5, 0.6) is 5.75 Å². The van der Waals surface area contributed by atoms with Crippen LogP contribution in [-0.4, -0.2) is 31.9 Å². The Morgan fingerprint density at radius 1 is 1.19 bits per heavy atom. The van der Waals surface area contributed by atoms with Gasteiger partial charge in [0, 0.05) is 11.6 Å². The average molecular weight is 376 g/mol. The summed E-state index contributed by atoms with van der Waals surface area (Å²) in [5.41, 5.74) is 7.81. The van der Waals surface area contributed by atoms with E-state index in [1.165, 1.54) is 7.11 Å². The lowest BCUT2D eigenvalue weighted by molar-refractivity contribution is 0.315. The Hall–Kier alpha value is -2.49. The van der Waals surface area contributed by atoms with Crippen molar-refractivity contribution < 1.29 is 17.8 Å². The molecule has 0 aliphatic heterocycles. The van der Waals surface area contributed by atoms with Crippen molar-refractivity contribution in [3.8, 4) is 5.75 Å². The van der Waals surface area contributed by atoms with Gasteiger partial charge in [0.25, 0.3) is 0 Å². The van der Waals surface area contributed by atoms with Gasteiger partial charge in [-0.1, -0.05) is 24.3 Å². The third-order valence-electron chi connectivity index (χ3n) is 4.13. The second-order valence-electron chi connectivity index (χ2n) is 6.04. The molecule has 0 aliphatic carbocycles. The Morgan fingerprint density at radius 3 is 2.62 bits per heavy atom. The topological polar surface area (TPSA) is 120 Å². The van der Waals surface area contributed by atoms with Gasteiger partial charge in [0.05, 0.1) is 13.2 Å². The number of hydrogen-bond acceptors (Lipinski definition) is 7. The molecule has 8 nitrogen and oxygen atoms in total. The number of ether oxygens (including phenoxy) is 1. The van der Waals surface area contributed by atoms with Crippen molar-refractivity contribution in [1.82, 2.24) is 15.0 Å². The van der Waals surface area contributed by atoms with Crippen LogP contribution in [0.4, 0.5) is 0 Å². The van der Waals surface area contributed by atoms with Crippen LogP contribution in [0.15, 0.2) is 45.9 Å². The zero-order valence-electron chi connectivity index (χ0n) is 14.6. The average Bonchev–Trinajstić information content (AvgIpc) is 3.07. The van der Waals surface area contributed by atoms with Crippen molar-refractivity contribution in [2.75, 3.05) is 7.11 Å². The molecule has 1 heterocycles. The van der Waals surface area contributed by atoms with E-state index in [1.54, 1.807) is 50.2 Å². The van der Waals surface area contributed by atoms with E-state index in [4.69, 9.17) is 15.1 Å². The lowest BCUT2D eigenvalue weighted by Gasteiger charge is -2.24. The molecule has 1 aromatic heterocycles. The largest absolute Gasteiger partial charge is 0.496 e. The van der Waals surface area contributed by atoms with Crippen molar-refractivity contribution in [2.24, 2.45) is 5.73 Å². The minimum atomic E-state index is -3.95. The van der Waals surface area contributed by atoms with Crippen LogP contribution < -0.4 is 15.2 Å². The van der Waals surface area contributed by atoms with E-state index in [-0.39, 0.29) is 10.4 Å². The van der Waals surface area contributed by atoms with E-state index < -0.39 is 22.1 Å². The molecular weight excluding hydrogens is 356 g/mol. The number of aromatic nitrogens is 2. The third-order valence-corrected chi connectivity index (χ3v) is 5.75. The number of nitrogens with two attached hydrogens (primary N) is 1. The highest BCUT2D eigenvalue weighted by molar-refractivity contribution is 7.89. The Kier molecular flexibility index (Phi) is 4.94. The minimum Gasteiger partial charge on any atom is -0.496 e. The number of rotatable bonds is 6. The van der Waals surface area contributed by atoms with Gasteiger partial charge in [-0.3, -0.25) is 0 Å². The van der Waals surface area contributed by atoms with E-state index in [1.807, 2.05) is 0 Å². The maximum Gasteiger partial charge on any atom is 0.243 e. The molecule has 3 aromatic rings. The number of aryl methyl sites for hydroxylation is 1.